The molecule has 0 spiro atoms. The van der Waals surface area contributed by atoms with E-state index >= 15 is 0 Å². The Morgan fingerprint density at radius 3 is 1.83 bits per heavy atom. The van der Waals surface area contributed by atoms with Gasteiger partial charge in [0.15, 0.2) is 23.3 Å². The van der Waals surface area contributed by atoms with Crippen LogP contribution in [0.4, 0.5) is 39.6 Å². The Balaban J connectivity index is 1.72. The van der Waals surface area contributed by atoms with Gasteiger partial charge in [0.1, 0.15) is 0 Å². The molecule has 0 saturated heterocycles. The minimum absolute atomic E-state index is 0.373. The van der Waals surface area contributed by atoms with Crippen molar-refractivity contribution in [2.24, 2.45) is 0 Å². The summed E-state index contributed by atoms with van der Waals surface area (Å²) < 4.78 is 52.0. The molecule has 0 amide bonds. The number of halogens is 4. The topological polar surface area (TPSA) is 24.1 Å². The van der Waals surface area contributed by atoms with Crippen LogP contribution in [0.2, 0.25) is 0 Å². The zero-order chi connectivity index (χ0) is 16.4. The lowest BCUT2D eigenvalue weighted by Gasteiger charge is -2.05. The fourth-order valence-corrected chi connectivity index (χ4v) is 2.54. The third kappa shape index (κ3) is 3.62. The van der Waals surface area contributed by atoms with Crippen LogP contribution >= 0.6 is 11.3 Å². The van der Waals surface area contributed by atoms with Crippen LogP contribution in [0.25, 0.3) is 0 Å². The highest BCUT2D eigenvalue weighted by atomic mass is 32.1. The standard InChI is InChI=1S/C16H9F4N2S/c17-12-3-1-9(5-14(12)19)21-11-7-16(23-8-11)22-10-2-4-13(18)15(20)6-10/h1-7,21-22H. The minimum atomic E-state index is -0.953. The van der Waals surface area contributed by atoms with Gasteiger partial charge in [0.2, 0.25) is 0 Å². The fraction of sp³-hybridized carbons (Fsp3) is 0. The molecule has 0 aliphatic rings. The Morgan fingerprint density at radius 2 is 1.26 bits per heavy atom. The molecule has 3 rings (SSSR count). The molecule has 1 heterocycles. The summed E-state index contributed by atoms with van der Waals surface area (Å²) in [5, 5.41) is 9.32. The first-order chi connectivity index (χ1) is 11.0. The zero-order valence-electron chi connectivity index (χ0n) is 11.5. The maximum Gasteiger partial charge on any atom is 0.160 e. The third-order valence-electron chi connectivity index (χ3n) is 2.93. The molecule has 117 valence electrons. The summed E-state index contributed by atoms with van der Waals surface area (Å²) in [5.41, 5.74) is 1.29. The molecule has 2 N–H and O–H groups in total. The Morgan fingerprint density at radius 1 is 0.696 bits per heavy atom. The molecule has 0 aliphatic carbocycles. The highest BCUT2D eigenvalue weighted by molar-refractivity contribution is 7.14. The van der Waals surface area contributed by atoms with Crippen molar-refractivity contribution in [1.29, 1.82) is 0 Å². The van der Waals surface area contributed by atoms with Crippen molar-refractivity contribution < 1.29 is 17.6 Å². The Kier molecular flexibility index (Phi) is 4.20. The molecule has 3 aromatic rings. The van der Waals surface area contributed by atoms with Crippen LogP contribution in [0.15, 0.2) is 42.5 Å². The number of thiophene rings is 1. The second-order valence-electron chi connectivity index (χ2n) is 4.63. The Labute approximate surface area is 133 Å². The molecular formula is C16H9F4N2S. The van der Waals surface area contributed by atoms with E-state index in [1.807, 2.05) is 0 Å². The molecule has 0 atom stereocenters. The quantitative estimate of drug-likeness (QED) is 0.606. The van der Waals surface area contributed by atoms with Crippen molar-refractivity contribution in [2.75, 3.05) is 10.6 Å². The lowest BCUT2D eigenvalue weighted by atomic mass is 10.3. The highest BCUT2D eigenvalue weighted by Gasteiger charge is 2.07. The largest absolute Gasteiger partial charge is 0.354 e. The van der Waals surface area contributed by atoms with Gasteiger partial charge in [0.25, 0.3) is 0 Å². The number of hydrogen-bond acceptors (Lipinski definition) is 3. The van der Waals surface area contributed by atoms with E-state index < -0.39 is 23.3 Å². The SMILES string of the molecule is Fc1ccc(Nc2[c]sc(Nc3ccc(F)c(F)c3)c2)cc1F. The van der Waals surface area contributed by atoms with Crippen molar-refractivity contribution >= 4 is 33.4 Å². The van der Waals surface area contributed by atoms with Gasteiger partial charge in [-0.1, -0.05) is 0 Å². The van der Waals surface area contributed by atoms with Gasteiger partial charge in [-0.2, -0.15) is 0 Å². The van der Waals surface area contributed by atoms with Crippen LogP contribution in [-0.4, -0.2) is 0 Å². The molecule has 0 saturated carbocycles. The number of rotatable bonds is 4. The summed E-state index contributed by atoms with van der Waals surface area (Å²) in [4.78, 5) is 0. The van der Waals surface area contributed by atoms with Crippen molar-refractivity contribution in [3.8, 4) is 0 Å². The number of benzene rings is 2. The summed E-state index contributed by atoms with van der Waals surface area (Å²) in [6, 6.07) is 8.57. The molecule has 7 heteroatoms. The van der Waals surface area contributed by atoms with Crippen molar-refractivity contribution in [3.63, 3.8) is 0 Å². The number of hydrogen-bond donors (Lipinski definition) is 2. The van der Waals surface area contributed by atoms with E-state index in [1.54, 1.807) is 6.07 Å². The van der Waals surface area contributed by atoms with Crippen molar-refractivity contribution in [1.82, 2.24) is 0 Å². The smallest absolute Gasteiger partial charge is 0.160 e. The van der Waals surface area contributed by atoms with Gasteiger partial charge in [0.05, 0.1) is 16.1 Å². The minimum Gasteiger partial charge on any atom is -0.354 e. The average Bonchev–Trinajstić information content (AvgIpc) is 2.94. The van der Waals surface area contributed by atoms with Gasteiger partial charge in [-0.15, -0.1) is 11.3 Å². The normalized spacial score (nSPS) is 10.6. The molecule has 0 aliphatic heterocycles. The maximum absolute atomic E-state index is 13.1. The molecule has 23 heavy (non-hydrogen) atoms. The lowest BCUT2D eigenvalue weighted by molar-refractivity contribution is 0.509. The highest BCUT2D eigenvalue weighted by Crippen LogP contribution is 2.29. The predicted octanol–water partition coefficient (Wildman–Crippen LogP) is 5.59. The van der Waals surface area contributed by atoms with E-state index in [4.69, 9.17) is 0 Å². The summed E-state index contributed by atoms with van der Waals surface area (Å²) in [7, 11) is 0. The summed E-state index contributed by atoms with van der Waals surface area (Å²) in [5.74, 6) is -3.75. The van der Waals surface area contributed by atoms with Crippen molar-refractivity contribution in [2.45, 2.75) is 0 Å². The van der Waals surface area contributed by atoms with E-state index in [0.717, 1.165) is 24.3 Å². The van der Waals surface area contributed by atoms with E-state index in [2.05, 4.69) is 16.0 Å². The molecular weight excluding hydrogens is 328 g/mol. The molecule has 0 bridgehead atoms. The van der Waals surface area contributed by atoms with E-state index in [-0.39, 0.29) is 0 Å². The summed E-state index contributed by atoms with van der Waals surface area (Å²) >= 11 is 1.20. The van der Waals surface area contributed by atoms with Crippen LogP contribution in [0, 0.1) is 28.6 Å². The summed E-state index contributed by atoms with van der Waals surface area (Å²) in [6.45, 7) is 0. The Bertz CT molecular complexity index is 780. The van der Waals surface area contributed by atoms with Crippen LogP contribution < -0.4 is 10.6 Å². The second kappa shape index (κ2) is 6.29. The van der Waals surface area contributed by atoms with Gasteiger partial charge in [0, 0.05) is 23.5 Å². The average molecular weight is 337 g/mol. The number of anilines is 4. The molecule has 1 radical (unpaired) electrons. The van der Waals surface area contributed by atoms with Crippen LogP contribution in [0.5, 0.6) is 0 Å². The Hall–Kier alpha value is -2.54. The van der Waals surface area contributed by atoms with E-state index in [0.29, 0.717) is 22.1 Å². The van der Waals surface area contributed by atoms with Gasteiger partial charge >= 0.3 is 0 Å². The fourth-order valence-electron chi connectivity index (χ4n) is 1.87. The molecule has 2 nitrogen and oxygen atoms in total. The summed E-state index contributed by atoms with van der Waals surface area (Å²) in [6.07, 6.45) is 0. The van der Waals surface area contributed by atoms with Gasteiger partial charge in [-0.05, 0) is 30.3 Å². The van der Waals surface area contributed by atoms with Crippen LogP contribution in [-0.2, 0) is 0 Å². The first-order valence-corrected chi connectivity index (χ1v) is 7.28. The van der Waals surface area contributed by atoms with Crippen LogP contribution in [0.1, 0.15) is 0 Å². The van der Waals surface area contributed by atoms with Crippen molar-refractivity contribution in [3.05, 3.63) is 71.1 Å². The molecule has 2 aromatic carbocycles. The van der Waals surface area contributed by atoms with Gasteiger partial charge < -0.3 is 10.6 Å². The first-order valence-electron chi connectivity index (χ1n) is 6.47. The predicted molar refractivity (Wildman–Crippen MR) is 82.4 cm³/mol. The second-order valence-corrected chi connectivity index (χ2v) is 5.48. The molecule has 1 aromatic heterocycles. The monoisotopic (exact) mass is 337 g/mol. The molecule has 0 unspecified atom stereocenters. The van der Waals surface area contributed by atoms with Crippen LogP contribution in [0.3, 0.4) is 0 Å². The lowest BCUT2D eigenvalue weighted by Crippen LogP contribution is -1.92. The zero-order valence-corrected chi connectivity index (χ0v) is 12.3. The van der Waals surface area contributed by atoms with E-state index in [9.17, 15) is 17.6 Å². The molecule has 0 fully saturated rings. The van der Waals surface area contributed by atoms with E-state index in [1.165, 1.54) is 23.5 Å². The first kappa shape index (κ1) is 15.4. The third-order valence-corrected chi connectivity index (χ3v) is 3.69. The maximum atomic E-state index is 13.1. The van der Waals surface area contributed by atoms with Gasteiger partial charge in [-0.25, -0.2) is 17.6 Å². The van der Waals surface area contributed by atoms with Gasteiger partial charge in [-0.3, -0.25) is 0 Å². The number of nitrogens with one attached hydrogen (secondary N) is 2.